The Morgan fingerprint density at radius 3 is 2.85 bits per heavy atom. The lowest BCUT2D eigenvalue weighted by atomic mass is 9.88. The summed E-state index contributed by atoms with van der Waals surface area (Å²) in [5.74, 6) is 0.734. The van der Waals surface area contributed by atoms with Gasteiger partial charge in [-0.2, -0.15) is 5.10 Å². The standard InChI is InChI=1S/C20H33N5O2/c1-2-23(13-14-25-11-6-9-22-25)19(26)15-18-20(27)21-10-12-24(18)16-17-7-4-3-5-8-17/h6,9,11,17-18H,2-5,7-8,10,12-16H2,1H3,(H,21,27). The highest BCUT2D eigenvalue weighted by Gasteiger charge is 2.34. The Hall–Kier alpha value is -1.89. The number of aromatic nitrogens is 2. The van der Waals surface area contributed by atoms with Crippen LogP contribution < -0.4 is 5.32 Å². The Labute approximate surface area is 162 Å². The summed E-state index contributed by atoms with van der Waals surface area (Å²) < 4.78 is 1.83. The van der Waals surface area contributed by atoms with Crippen LogP contribution in [0.25, 0.3) is 0 Å². The van der Waals surface area contributed by atoms with E-state index >= 15 is 0 Å². The molecule has 27 heavy (non-hydrogen) atoms. The summed E-state index contributed by atoms with van der Waals surface area (Å²) in [6, 6.07) is 1.56. The first-order valence-electron chi connectivity index (χ1n) is 10.4. The van der Waals surface area contributed by atoms with Gasteiger partial charge in [-0.15, -0.1) is 0 Å². The maximum absolute atomic E-state index is 12.9. The van der Waals surface area contributed by atoms with Crippen LogP contribution in [-0.4, -0.2) is 70.2 Å². The van der Waals surface area contributed by atoms with Gasteiger partial charge < -0.3 is 10.2 Å². The molecule has 7 heteroatoms. The van der Waals surface area contributed by atoms with Crippen molar-refractivity contribution in [3.63, 3.8) is 0 Å². The van der Waals surface area contributed by atoms with Gasteiger partial charge >= 0.3 is 0 Å². The normalized spacial score (nSPS) is 21.8. The van der Waals surface area contributed by atoms with Gasteiger partial charge in [-0.1, -0.05) is 19.3 Å². The van der Waals surface area contributed by atoms with Gasteiger partial charge in [0, 0.05) is 45.1 Å². The number of hydrogen-bond acceptors (Lipinski definition) is 4. The van der Waals surface area contributed by atoms with Crippen LogP contribution in [0.1, 0.15) is 45.4 Å². The van der Waals surface area contributed by atoms with Gasteiger partial charge in [0.2, 0.25) is 11.8 Å². The van der Waals surface area contributed by atoms with Crippen molar-refractivity contribution < 1.29 is 9.59 Å². The molecule has 1 saturated heterocycles. The Bertz CT molecular complexity index is 598. The second kappa shape index (κ2) is 9.88. The monoisotopic (exact) mass is 375 g/mol. The topological polar surface area (TPSA) is 70.5 Å². The lowest BCUT2D eigenvalue weighted by molar-refractivity contribution is -0.139. The smallest absolute Gasteiger partial charge is 0.237 e. The summed E-state index contributed by atoms with van der Waals surface area (Å²) >= 11 is 0. The van der Waals surface area contributed by atoms with Crippen molar-refractivity contribution in [2.75, 3.05) is 32.7 Å². The molecule has 1 aliphatic heterocycles. The molecule has 3 rings (SSSR count). The van der Waals surface area contributed by atoms with E-state index in [1.807, 2.05) is 28.8 Å². The fraction of sp³-hybridized carbons (Fsp3) is 0.750. The zero-order valence-electron chi connectivity index (χ0n) is 16.5. The van der Waals surface area contributed by atoms with E-state index in [0.29, 0.717) is 32.1 Å². The van der Waals surface area contributed by atoms with E-state index in [-0.39, 0.29) is 24.3 Å². The highest BCUT2D eigenvalue weighted by molar-refractivity contribution is 5.88. The van der Waals surface area contributed by atoms with Crippen molar-refractivity contribution in [3.8, 4) is 0 Å². The summed E-state index contributed by atoms with van der Waals surface area (Å²) in [5, 5.41) is 7.14. The molecule has 0 bridgehead atoms. The predicted octanol–water partition coefficient (Wildman–Crippen LogP) is 1.50. The van der Waals surface area contributed by atoms with Crippen LogP contribution in [0.4, 0.5) is 0 Å². The molecule has 1 unspecified atom stereocenters. The van der Waals surface area contributed by atoms with E-state index in [9.17, 15) is 9.59 Å². The first-order valence-corrected chi connectivity index (χ1v) is 10.4. The third-order valence-electron chi connectivity index (χ3n) is 5.92. The van der Waals surface area contributed by atoms with Crippen molar-refractivity contribution in [1.29, 1.82) is 0 Å². The van der Waals surface area contributed by atoms with Gasteiger partial charge in [0.15, 0.2) is 0 Å². The number of amides is 2. The van der Waals surface area contributed by atoms with E-state index in [2.05, 4.69) is 15.3 Å². The zero-order valence-corrected chi connectivity index (χ0v) is 16.5. The molecule has 1 N–H and O–H groups in total. The largest absolute Gasteiger partial charge is 0.353 e. The average molecular weight is 376 g/mol. The van der Waals surface area contributed by atoms with Crippen molar-refractivity contribution in [3.05, 3.63) is 18.5 Å². The van der Waals surface area contributed by atoms with E-state index in [1.54, 1.807) is 6.20 Å². The number of piperazine rings is 1. The second-order valence-electron chi connectivity index (χ2n) is 7.75. The molecule has 1 aromatic heterocycles. The molecule has 2 aliphatic rings. The summed E-state index contributed by atoms with van der Waals surface area (Å²) in [6.07, 6.45) is 10.3. The second-order valence-corrected chi connectivity index (χ2v) is 7.75. The van der Waals surface area contributed by atoms with Crippen LogP contribution in [0.5, 0.6) is 0 Å². The summed E-state index contributed by atoms with van der Waals surface area (Å²) in [7, 11) is 0. The third-order valence-corrected chi connectivity index (χ3v) is 5.92. The van der Waals surface area contributed by atoms with Gasteiger partial charge in [0.25, 0.3) is 0 Å². The van der Waals surface area contributed by atoms with Crippen LogP contribution in [0, 0.1) is 5.92 Å². The fourth-order valence-electron chi connectivity index (χ4n) is 4.31. The van der Waals surface area contributed by atoms with Crippen molar-refractivity contribution >= 4 is 11.8 Å². The number of likely N-dealkylation sites (N-methyl/N-ethyl adjacent to an activating group) is 1. The average Bonchev–Trinajstić information content (AvgIpc) is 3.19. The van der Waals surface area contributed by atoms with Crippen molar-refractivity contribution in [2.24, 2.45) is 5.92 Å². The van der Waals surface area contributed by atoms with E-state index in [0.717, 1.165) is 13.1 Å². The predicted molar refractivity (Wildman–Crippen MR) is 104 cm³/mol. The van der Waals surface area contributed by atoms with Gasteiger partial charge in [0.1, 0.15) is 0 Å². The lowest BCUT2D eigenvalue weighted by Crippen LogP contribution is -2.57. The molecular formula is C20H33N5O2. The molecular weight excluding hydrogens is 342 g/mol. The quantitative estimate of drug-likeness (QED) is 0.748. The molecule has 0 aromatic carbocycles. The Morgan fingerprint density at radius 1 is 1.33 bits per heavy atom. The molecule has 2 fully saturated rings. The molecule has 0 spiro atoms. The minimum atomic E-state index is -0.327. The van der Waals surface area contributed by atoms with Gasteiger partial charge in [0.05, 0.1) is 19.0 Å². The molecule has 0 radical (unpaired) electrons. The maximum atomic E-state index is 12.9. The minimum absolute atomic E-state index is 0.00791. The van der Waals surface area contributed by atoms with Crippen molar-refractivity contribution in [2.45, 2.75) is 58.0 Å². The summed E-state index contributed by atoms with van der Waals surface area (Å²) in [5.41, 5.74) is 0. The van der Waals surface area contributed by atoms with Gasteiger partial charge in [-0.3, -0.25) is 19.2 Å². The first-order chi connectivity index (χ1) is 13.2. The van der Waals surface area contributed by atoms with Gasteiger partial charge in [-0.05, 0) is 31.7 Å². The molecule has 1 atom stereocenters. The Kier molecular flexibility index (Phi) is 7.26. The van der Waals surface area contributed by atoms with Crippen LogP contribution in [-0.2, 0) is 16.1 Å². The van der Waals surface area contributed by atoms with E-state index in [4.69, 9.17) is 0 Å². The van der Waals surface area contributed by atoms with Crippen LogP contribution in [0.15, 0.2) is 18.5 Å². The fourth-order valence-corrected chi connectivity index (χ4v) is 4.31. The number of nitrogens with zero attached hydrogens (tertiary/aromatic N) is 4. The molecule has 2 amide bonds. The highest BCUT2D eigenvalue weighted by atomic mass is 16.2. The molecule has 2 heterocycles. The lowest BCUT2D eigenvalue weighted by Gasteiger charge is -2.38. The van der Waals surface area contributed by atoms with E-state index in [1.165, 1.54) is 32.1 Å². The number of rotatable bonds is 8. The van der Waals surface area contributed by atoms with Gasteiger partial charge in [-0.25, -0.2) is 0 Å². The third kappa shape index (κ3) is 5.54. The highest BCUT2D eigenvalue weighted by Crippen LogP contribution is 2.26. The van der Waals surface area contributed by atoms with Crippen LogP contribution >= 0.6 is 0 Å². The van der Waals surface area contributed by atoms with E-state index < -0.39 is 0 Å². The minimum Gasteiger partial charge on any atom is -0.353 e. The van der Waals surface area contributed by atoms with Crippen LogP contribution in [0.3, 0.4) is 0 Å². The molecule has 150 valence electrons. The Balaban J connectivity index is 1.56. The molecule has 1 aromatic rings. The SMILES string of the molecule is CCN(CCn1cccn1)C(=O)CC1C(=O)NCCN1CC1CCCCC1. The van der Waals surface area contributed by atoms with Crippen LogP contribution in [0.2, 0.25) is 0 Å². The number of carbonyl (C=O) groups is 2. The van der Waals surface area contributed by atoms with Crippen molar-refractivity contribution in [1.82, 2.24) is 24.9 Å². The summed E-state index contributed by atoms with van der Waals surface area (Å²) in [6.45, 7) is 6.42. The maximum Gasteiger partial charge on any atom is 0.237 e. The number of carbonyl (C=O) groups excluding carboxylic acids is 2. The Morgan fingerprint density at radius 2 is 2.15 bits per heavy atom. The number of hydrogen-bond donors (Lipinski definition) is 1. The first kappa shape index (κ1) is 19.9. The molecule has 7 nitrogen and oxygen atoms in total. The summed E-state index contributed by atoms with van der Waals surface area (Å²) in [4.78, 5) is 29.5. The molecule has 1 aliphatic carbocycles. The molecule has 1 saturated carbocycles. The zero-order chi connectivity index (χ0) is 19.1. The number of nitrogens with one attached hydrogen (secondary N) is 1.